The molecule has 0 saturated heterocycles. The summed E-state index contributed by atoms with van der Waals surface area (Å²) >= 11 is 0. The molecule has 0 aliphatic rings. The van der Waals surface area contributed by atoms with Crippen LogP contribution in [0.25, 0.3) is 0 Å². The molecule has 2 heteroatoms. The first-order chi connectivity index (χ1) is 4.20. The van der Waals surface area contributed by atoms with Crippen molar-refractivity contribution in [2.45, 2.75) is 13.8 Å². The molecule has 0 bridgehead atoms. The third kappa shape index (κ3) is 2.39. The van der Waals surface area contributed by atoms with Crippen LogP contribution in [0.4, 0.5) is 0 Å². The third-order valence-electron chi connectivity index (χ3n) is 1.33. The molecule has 0 aliphatic carbocycles. The minimum absolute atomic E-state index is 0. The number of hydrogen-bond donors (Lipinski definition) is 0. The van der Waals surface area contributed by atoms with Crippen molar-refractivity contribution in [2.75, 3.05) is 0 Å². The first kappa shape index (κ1) is 10.1. The second-order valence-corrected chi connectivity index (χ2v) is 2.27. The maximum atomic E-state index is 10.8. The van der Waals surface area contributed by atoms with Gasteiger partial charge < -0.3 is 4.79 Å². The smallest absolute Gasteiger partial charge is 0.319 e. The molecule has 0 heterocycles. The van der Waals surface area contributed by atoms with E-state index in [0.717, 1.165) is 11.1 Å². The Morgan fingerprint density at radius 2 is 2.10 bits per heavy atom. The zero-order valence-electron chi connectivity index (χ0n) is 6.22. The van der Waals surface area contributed by atoms with Crippen LogP contribution in [-0.4, -0.2) is 0 Å². The van der Waals surface area contributed by atoms with Gasteiger partial charge >= 0.3 is 32.7 Å². The summed E-state index contributed by atoms with van der Waals surface area (Å²) in [5, 5.41) is 0. The van der Waals surface area contributed by atoms with Crippen LogP contribution >= 0.6 is 0 Å². The summed E-state index contributed by atoms with van der Waals surface area (Å²) in [7, 11) is 0. The molecule has 0 unspecified atom stereocenters. The summed E-state index contributed by atoms with van der Waals surface area (Å²) in [5.74, 6) is 0. The number of aryl methyl sites for hydroxylation is 2. The van der Waals surface area contributed by atoms with Crippen molar-refractivity contribution < 1.29 is 32.7 Å². The largest absolute Gasteiger partial charge is 3.00 e. The standard InChI is InChI=1S/C8H9O.Y/c1-6-3-4-8(9)7(2)5-6;/h3-5H,1-2H3;/q-1;+3. The topological polar surface area (TPSA) is 17.1 Å². The van der Waals surface area contributed by atoms with Crippen LogP contribution in [0.15, 0.2) is 23.0 Å². The SMILES string of the molecule is Cc1c[c-](C)ccc1=O.[Y+3]. The Bertz CT molecular complexity index is 262. The van der Waals surface area contributed by atoms with E-state index < -0.39 is 0 Å². The van der Waals surface area contributed by atoms with Gasteiger partial charge in [-0.25, -0.2) is 0 Å². The van der Waals surface area contributed by atoms with Crippen LogP contribution in [0, 0.1) is 13.8 Å². The van der Waals surface area contributed by atoms with Gasteiger partial charge in [0, 0.05) is 0 Å². The molecular weight excluding hydrogens is 201 g/mol. The van der Waals surface area contributed by atoms with E-state index in [2.05, 4.69) is 0 Å². The Labute approximate surface area is 85.7 Å². The molecular formula is C8H9OY+2. The molecule has 0 N–H and O–H groups in total. The molecule has 0 aromatic heterocycles. The maximum Gasteiger partial charge on any atom is 3.00 e. The Balaban J connectivity index is 0.000000810. The summed E-state index contributed by atoms with van der Waals surface area (Å²) < 4.78 is 0. The number of benzene rings is 1. The van der Waals surface area contributed by atoms with Crippen LogP contribution in [-0.2, 0) is 32.7 Å². The van der Waals surface area contributed by atoms with Crippen LogP contribution in [0.1, 0.15) is 11.1 Å². The fourth-order valence-electron chi connectivity index (χ4n) is 0.799. The van der Waals surface area contributed by atoms with Crippen molar-refractivity contribution >= 4 is 0 Å². The van der Waals surface area contributed by atoms with Gasteiger partial charge in [-0.05, 0) is 0 Å². The van der Waals surface area contributed by atoms with E-state index in [1.165, 1.54) is 0 Å². The second-order valence-electron chi connectivity index (χ2n) is 2.27. The molecule has 1 nitrogen and oxygen atoms in total. The summed E-state index contributed by atoms with van der Waals surface area (Å²) in [6, 6.07) is 5.32. The Hall–Kier alpha value is 0.124. The van der Waals surface area contributed by atoms with Crippen molar-refractivity contribution in [2.24, 2.45) is 0 Å². The molecule has 0 spiro atoms. The van der Waals surface area contributed by atoms with E-state index in [0.29, 0.717) is 0 Å². The van der Waals surface area contributed by atoms with E-state index in [1.807, 2.05) is 26.0 Å². The summed E-state index contributed by atoms with van der Waals surface area (Å²) in [5.41, 5.74) is 2.10. The summed E-state index contributed by atoms with van der Waals surface area (Å²) in [6.07, 6.45) is 0. The van der Waals surface area contributed by atoms with Gasteiger partial charge in [0.05, 0.1) is 5.43 Å². The van der Waals surface area contributed by atoms with Gasteiger partial charge in [-0.2, -0.15) is 17.7 Å². The molecule has 0 radical (unpaired) electrons. The van der Waals surface area contributed by atoms with Gasteiger partial charge in [-0.3, -0.25) is 0 Å². The van der Waals surface area contributed by atoms with E-state index in [4.69, 9.17) is 0 Å². The van der Waals surface area contributed by atoms with Gasteiger partial charge in [-0.15, -0.1) is 11.6 Å². The van der Waals surface area contributed by atoms with Crippen molar-refractivity contribution in [3.05, 3.63) is 39.5 Å². The minimum atomic E-state index is 0. The zero-order chi connectivity index (χ0) is 6.85. The van der Waals surface area contributed by atoms with Crippen LogP contribution in [0.3, 0.4) is 0 Å². The summed E-state index contributed by atoms with van der Waals surface area (Å²) in [6.45, 7) is 3.81. The quantitative estimate of drug-likeness (QED) is 0.591. The van der Waals surface area contributed by atoms with Crippen LogP contribution in [0.2, 0.25) is 0 Å². The maximum absolute atomic E-state index is 10.8. The number of hydrogen-bond acceptors (Lipinski definition) is 1. The third-order valence-corrected chi connectivity index (χ3v) is 1.33. The molecule has 0 saturated carbocycles. The first-order valence-electron chi connectivity index (χ1n) is 2.94. The molecule has 10 heavy (non-hydrogen) atoms. The van der Waals surface area contributed by atoms with Crippen molar-refractivity contribution in [1.29, 1.82) is 0 Å². The van der Waals surface area contributed by atoms with Crippen molar-refractivity contribution in [3.63, 3.8) is 0 Å². The van der Waals surface area contributed by atoms with E-state index in [1.54, 1.807) is 6.07 Å². The van der Waals surface area contributed by atoms with E-state index in [-0.39, 0.29) is 38.1 Å². The molecule has 1 aromatic carbocycles. The van der Waals surface area contributed by atoms with E-state index in [9.17, 15) is 4.79 Å². The first-order valence-corrected chi connectivity index (χ1v) is 2.94. The predicted molar refractivity (Wildman–Crippen MR) is 37.8 cm³/mol. The van der Waals surface area contributed by atoms with E-state index >= 15 is 0 Å². The van der Waals surface area contributed by atoms with Gasteiger partial charge in [0.15, 0.2) is 0 Å². The fourth-order valence-corrected chi connectivity index (χ4v) is 0.799. The van der Waals surface area contributed by atoms with Gasteiger partial charge in [0.25, 0.3) is 0 Å². The van der Waals surface area contributed by atoms with Gasteiger partial charge in [0.2, 0.25) is 0 Å². The average molecular weight is 210 g/mol. The molecule has 1 aromatic rings. The predicted octanol–water partition coefficient (Wildman–Crippen LogP) is 1.38. The zero-order valence-corrected chi connectivity index (χ0v) is 9.06. The fraction of sp³-hybridized carbons (Fsp3) is 0.250. The Morgan fingerprint density at radius 1 is 1.50 bits per heavy atom. The van der Waals surface area contributed by atoms with Crippen molar-refractivity contribution in [3.8, 4) is 0 Å². The number of rotatable bonds is 0. The van der Waals surface area contributed by atoms with Crippen molar-refractivity contribution in [1.82, 2.24) is 0 Å². The molecule has 48 valence electrons. The normalized spacial score (nSPS) is 8.60. The Kier molecular flexibility index (Phi) is 4.15. The van der Waals surface area contributed by atoms with Crippen LogP contribution < -0.4 is 5.43 Å². The van der Waals surface area contributed by atoms with Gasteiger partial charge in [0.1, 0.15) is 0 Å². The Morgan fingerprint density at radius 3 is 2.50 bits per heavy atom. The molecule has 0 atom stereocenters. The molecule has 0 fully saturated rings. The second kappa shape index (κ2) is 4.10. The molecule has 0 amide bonds. The summed E-state index contributed by atoms with van der Waals surface area (Å²) in [4.78, 5) is 10.8. The molecule has 1 rings (SSSR count). The molecule has 0 aliphatic heterocycles. The van der Waals surface area contributed by atoms with Crippen LogP contribution in [0.5, 0.6) is 0 Å². The monoisotopic (exact) mass is 210 g/mol. The average Bonchev–Trinajstić information content (AvgIpc) is 1.80. The minimum Gasteiger partial charge on any atom is -0.319 e. The van der Waals surface area contributed by atoms with Gasteiger partial charge in [-0.1, -0.05) is 13.8 Å².